The van der Waals surface area contributed by atoms with Crippen molar-refractivity contribution in [2.75, 3.05) is 13.1 Å². The first-order chi connectivity index (χ1) is 7.69. The van der Waals surface area contributed by atoms with Gasteiger partial charge in [-0.3, -0.25) is 4.79 Å². The van der Waals surface area contributed by atoms with Crippen LogP contribution in [0.1, 0.15) is 52.4 Å². The second kappa shape index (κ2) is 8.76. The Kier molecular flexibility index (Phi) is 8.61. The van der Waals surface area contributed by atoms with E-state index in [9.17, 15) is 4.79 Å². The number of carbonyl (C=O) groups excluding carboxylic acids is 1. The highest BCUT2D eigenvalue weighted by Gasteiger charge is 2.25. The average molecular weight is 263 g/mol. The molecule has 1 aliphatic rings. The second-order valence-electron chi connectivity index (χ2n) is 5.07. The van der Waals surface area contributed by atoms with Gasteiger partial charge in [0.15, 0.2) is 0 Å². The maximum Gasteiger partial charge on any atom is 0.223 e. The third-order valence-corrected chi connectivity index (χ3v) is 3.52. The summed E-state index contributed by atoms with van der Waals surface area (Å²) >= 11 is 0. The molecule has 17 heavy (non-hydrogen) atoms. The molecule has 0 saturated carbocycles. The monoisotopic (exact) mass is 262 g/mol. The molecule has 4 heteroatoms. The smallest absolute Gasteiger partial charge is 0.223 e. The summed E-state index contributed by atoms with van der Waals surface area (Å²) < 4.78 is 0. The van der Waals surface area contributed by atoms with Crippen LogP contribution in [0.5, 0.6) is 0 Å². The maximum absolute atomic E-state index is 12.1. The molecule has 2 N–H and O–H groups in total. The Hall–Kier alpha value is -0.280. The zero-order valence-corrected chi connectivity index (χ0v) is 12.0. The molecule has 102 valence electrons. The SMILES string of the molecule is CCCC(C)CC(=O)N1CCCCC1CN.Cl. The molecule has 1 rings (SSSR count). The van der Waals surface area contributed by atoms with Crippen molar-refractivity contribution < 1.29 is 4.79 Å². The van der Waals surface area contributed by atoms with E-state index >= 15 is 0 Å². The molecule has 0 aliphatic carbocycles. The van der Waals surface area contributed by atoms with Crippen LogP contribution in [-0.2, 0) is 4.79 Å². The van der Waals surface area contributed by atoms with Crippen LogP contribution in [-0.4, -0.2) is 29.9 Å². The van der Waals surface area contributed by atoms with Gasteiger partial charge in [-0.15, -0.1) is 12.4 Å². The van der Waals surface area contributed by atoms with Gasteiger partial charge in [-0.05, 0) is 25.2 Å². The molecule has 0 aromatic carbocycles. The topological polar surface area (TPSA) is 46.3 Å². The summed E-state index contributed by atoms with van der Waals surface area (Å²) in [6, 6.07) is 0.301. The minimum Gasteiger partial charge on any atom is -0.338 e. The quantitative estimate of drug-likeness (QED) is 0.828. The average Bonchev–Trinajstić information content (AvgIpc) is 2.29. The molecule has 2 atom stereocenters. The van der Waals surface area contributed by atoms with Crippen LogP contribution in [0.25, 0.3) is 0 Å². The Morgan fingerprint density at radius 2 is 2.18 bits per heavy atom. The van der Waals surface area contributed by atoms with Crippen LogP contribution in [0.15, 0.2) is 0 Å². The summed E-state index contributed by atoms with van der Waals surface area (Å²) in [6.45, 7) is 5.88. The fourth-order valence-electron chi connectivity index (χ4n) is 2.58. The van der Waals surface area contributed by atoms with E-state index in [1.54, 1.807) is 0 Å². The van der Waals surface area contributed by atoms with E-state index in [0.29, 0.717) is 30.8 Å². The van der Waals surface area contributed by atoms with E-state index < -0.39 is 0 Å². The third kappa shape index (κ3) is 5.26. The van der Waals surface area contributed by atoms with Crippen molar-refractivity contribution in [2.45, 2.75) is 58.4 Å². The lowest BCUT2D eigenvalue weighted by molar-refractivity contribution is -0.135. The van der Waals surface area contributed by atoms with Gasteiger partial charge in [0, 0.05) is 25.6 Å². The van der Waals surface area contributed by atoms with Gasteiger partial charge >= 0.3 is 0 Å². The van der Waals surface area contributed by atoms with E-state index in [-0.39, 0.29) is 12.4 Å². The van der Waals surface area contributed by atoms with Gasteiger partial charge in [0.2, 0.25) is 5.91 Å². The number of nitrogens with zero attached hydrogens (tertiary/aromatic N) is 1. The molecule has 0 aromatic rings. The van der Waals surface area contributed by atoms with E-state index in [2.05, 4.69) is 13.8 Å². The molecule has 1 amide bonds. The van der Waals surface area contributed by atoms with Crippen LogP contribution in [0.3, 0.4) is 0 Å². The summed E-state index contributed by atoms with van der Waals surface area (Å²) in [6.07, 6.45) is 6.46. The minimum absolute atomic E-state index is 0. The van der Waals surface area contributed by atoms with E-state index in [1.807, 2.05) is 4.90 Å². The largest absolute Gasteiger partial charge is 0.338 e. The van der Waals surface area contributed by atoms with Crippen LogP contribution in [0.2, 0.25) is 0 Å². The van der Waals surface area contributed by atoms with Gasteiger partial charge in [-0.25, -0.2) is 0 Å². The fourth-order valence-corrected chi connectivity index (χ4v) is 2.58. The van der Waals surface area contributed by atoms with Crippen molar-refractivity contribution in [3.05, 3.63) is 0 Å². The molecule has 3 nitrogen and oxygen atoms in total. The molecular weight excluding hydrogens is 236 g/mol. The molecule has 0 aromatic heterocycles. The van der Waals surface area contributed by atoms with Crippen LogP contribution < -0.4 is 5.73 Å². The van der Waals surface area contributed by atoms with Crippen molar-refractivity contribution >= 4 is 18.3 Å². The Balaban J connectivity index is 0.00000256. The summed E-state index contributed by atoms with van der Waals surface area (Å²) in [4.78, 5) is 14.1. The summed E-state index contributed by atoms with van der Waals surface area (Å²) in [7, 11) is 0. The zero-order valence-electron chi connectivity index (χ0n) is 11.2. The second-order valence-corrected chi connectivity index (χ2v) is 5.07. The number of amides is 1. The highest BCUT2D eigenvalue weighted by Crippen LogP contribution is 2.19. The standard InChI is InChI=1S/C13H26N2O.ClH/c1-3-6-11(2)9-13(16)15-8-5-4-7-12(15)10-14;/h11-12H,3-10,14H2,1-2H3;1H. The molecule has 0 spiro atoms. The number of carbonyl (C=O) groups is 1. The van der Waals surface area contributed by atoms with Gasteiger partial charge in [0.25, 0.3) is 0 Å². The van der Waals surface area contributed by atoms with Gasteiger partial charge < -0.3 is 10.6 Å². The van der Waals surface area contributed by atoms with E-state index in [1.165, 1.54) is 6.42 Å². The number of hydrogen-bond acceptors (Lipinski definition) is 2. The predicted octanol–water partition coefficient (Wildman–Crippen LogP) is 2.57. The number of nitrogens with two attached hydrogens (primary N) is 1. The Morgan fingerprint density at radius 1 is 1.47 bits per heavy atom. The Bertz CT molecular complexity index is 223. The zero-order chi connectivity index (χ0) is 12.0. The molecule has 2 unspecified atom stereocenters. The van der Waals surface area contributed by atoms with Crippen molar-refractivity contribution in [2.24, 2.45) is 11.7 Å². The first-order valence-electron chi connectivity index (χ1n) is 6.68. The Labute approximate surface area is 112 Å². The van der Waals surface area contributed by atoms with Crippen molar-refractivity contribution in [1.29, 1.82) is 0 Å². The lowest BCUT2D eigenvalue weighted by Crippen LogP contribution is -2.47. The number of likely N-dealkylation sites (tertiary alicyclic amines) is 1. The van der Waals surface area contributed by atoms with Crippen LogP contribution in [0.4, 0.5) is 0 Å². The normalized spacial score (nSPS) is 21.8. The summed E-state index contributed by atoms with van der Waals surface area (Å²) in [5.74, 6) is 0.828. The molecular formula is C13H27ClN2O. The van der Waals surface area contributed by atoms with Crippen molar-refractivity contribution in [3.8, 4) is 0 Å². The highest BCUT2D eigenvalue weighted by molar-refractivity contribution is 5.85. The van der Waals surface area contributed by atoms with Crippen LogP contribution in [0, 0.1) is 5.92 Å². The lowest BCUT2D eigenvalue weighted by Gasteiger charge is -2.35. The number of halogens is 1. The van der Waals surface area contributed by atoms with Gasteiger partial charge in [0.1, 0.15) is 0 Å². The first-order valence-corrected chi connectivity index (χ1v) is 6.68. The molecule has 1 fully saturated rings. The van der Waals surface area contributed by atoms with Crippen LogP contribution >= 0.6 is 12.4 Å². The number of rotatable bonds is 5. The number of hydrogen-bond donors (Lipinski definition) is 1. The predicted molar refractivity (Wildman–Crippen MR) is 74.3 cm³/mol. The third-order valence-electron chi connectivity index (χ3n) is 3.52. The van der Waals surface area contributed by atoms with Crippen molar-refractivity contribution in [3.63, 3.8) is 0 Å². The number of piperidine rings is 1. The van der Waals surface area contributed by atoms with E-state index in [0.717, 1.165) is 32.2 Å². The molecule has 1 saturated heterocycles. The molecule has 0 bridgehead atoms. The maximum atomic E-state index is 12.1. The highest BCUT2D eigenvalue weighted by atomic mass is 35.5. The molecule has 1 heterocycles. The lowest BCUT2D eigenvalue weighted by atomic mass is 9.98. The fraction of sp³-hybridized carbons (Fsp3) is 0.923. The Morgan fingerprint density at radius 3 is 2.76 bits per heavy atom. The molecule has 1 aliphatic heterocycles. The molecule has 0 radical (unpaired) electrons. The minimum atomic E-state index is 0. The summed E-state index contributed by atoms with van der Waals surface area (Å²) in [5.41, 5.74) is 5.73. The summed E-state index contributed by atoms with van der Waals surface area (Å²) in [5, 5.41) is 0. The van der Waals surface area contributed by atoms with Gasteiger partial charge in [-0.2, -0.15) is 0 Å². The van der Waals surface area contributed by atoms with Crippen molar-refractivity contribution in [1.82, 2.24) is 4.90 Å². The van der Waals surface area contributed by atoms with Gasteiger partial charge in [-0.1, -0.05) is 26.7 Å². The van der Waals surface area contributed by atoms with E-state index in [4.69, 9.17) is 5.73 Å². The first kappa shape index (κ1) is 16.7. The van der Waals surface area contributed by atoms with Gasteiger partial charge in [0.05, 0.1) is 0 Å².